The maximum Gasteiger partial charge on any atom is 0.261 e. The summed E-state index contributed by atoms with van der Waals surface area (Å²) in [7, 11) is 0. The maximum absolute atomic E-state index is 12.4. The first kappa shape index (κ1) is 19.3. The van der Waals surface area contributed by atoms with Crippen LogP contribution in [-0.2, 0) is 4.79 Å². The number of piperidine rings is 1. The Morgan fingerprint density at radius 1 is 1.04 bits per heavy atom. The van der Waals surface area contributed by atoms with Crippen LogP contribution in [0.3, 0.4) is 0 Å². The highest BCUT2D eigenvalue weighted by atomic mass is 16.5. The molecule has 1 N–H and O–H groups in total. The van der Waals surface area contributed by atoms with Gasteiger partial charge in [0.2, 0.25) is 0 Å². The number of nitrogens with zero attached hydrogens (tertiary/aromatic N) is 1. The predicted molar refractivity (Wildman–Crippen MR) is 110 cm³/mol. The first-order valence-electron chi connectivity index (χ1n) is 9.90. The van der Waals surface area contributed by atoms with Gasteiger partial charge < -0.3 is 15.0 Å². The quantitative estimate of drug-likeness (QED) is 0.814. The molecule has 0 unspecified atom stereocenters. The molecule has 2 aromatic carbocycles. The highest BCUT2D eigenvalue weighted by molar-refractivity contribution is 5.81. The van der Waals surface area contributed by atoms with Gasteiger partial charge in [0, 0.05) is 18.8 Å². The summed E-state index contributed by atoms with van der Waals surface area (Å²) < 4.78 is 5.70. The minimum atomic E-state index is -0.538. The fourth-order valence-electron chi connectivity index (χ4n) is 3.41. The van der Waals surface area contributed by atoms with Gasteiger partial charge in [0.1, 0.15) is 5.75 Å². The van der Waals surface area contributed by atoms with E-state index in [4.69, 9.17) is 4.74 Å². The topological polar surface area (TPSA) is 41.6 Å². The number of hydrogen-bond acceptors (Lipinski definition) is 3. The van der Waals surface area contributed by atoms with Crippen molar-refractivity contribution >= 4 is 11.6 Å². The number of benzene rings is 2. The van der Waals surface area contributed by atoms with Crippen molar-refractivity contribution in [3.8, 4) is 5.75 Å². The van der Waals surface area contributed by atoms with Crippen molar-refractivity contribution in [2.24, 2.45) is 5.92 Å². The molecular formula is C23H30N2O2. The summed E-state index contributed by atoms with van der Waals surface area (Å²) in [4.78, 5) is 14.9. The van der Waals surface area contributed by atoms with E-state index in [1.54, 1.807) is 6.92 Å². The first-order valence-corrected chi connectivity index (χ1v) is 9.90. The first-order chi connectivity index (χ1) is 13.0. The summed E-state index contributed by atoms with van der Waals surface area (Å²) in [5, 5.41) is 3.04. The third-order valence-electron chi connectivity index (χ3n) is 5.33. The van der Waals surface area contributed by atoms with Gasteiger partial charge in [-0.25, -0.2) is 0 Å². The van der Waals surface area contributed by atoms with Crippen molar-refractivity contribution in [1.29, 1.82) is 0 Å². The van der Waals surface area contributed by atoms with Crippen molar-refractivity contribution < 1.29 is 9.53 Å². The van der Waals surface area contributed by atoms with Gasteiger partial charge in [-0.1, -0.05) is 37.3 Å². The fourth-order valence-corrected chi connectivity index (χ4v) is 3.41. The summed E-state index contributed by atoms with van der Waals surface area (Å²) in [6.07, 6.45) is 1.98. The normalized spacial score (nSPS) is 17.2. The van der Waals surface area contributed by atoms with Crippen LogP contribution in [0.25, 0.3) is 0 Å². The second kappa shape index (κ2) is 8.94. The average Bonchev–Trinajstić information content (AvgIpc) is 2.69. The van der Waals surface area contributed by atoms with Crippen LogP contribution in [0.1, 0.15) is 45.2 Å². The maximum atomic E-state index is 12.4. The molecule has 27 heavy (non-hydrogen) atoms. The van der Waals surface area contributed by atoms with Crippen LogP contribution in [0.15, 0.2) is 54.6 Å². The van der Waals surface area contributed by atoms with Crippen molar-refractivity contribution in [1.82, 2.24) is 5.32 Å². The molecule has 1 fully saturated rings. The van der Waals surface area contributed by atoms with Crippen LogP contribution >= 0.6 is 0 Å². The molecule has 1 aliphatic heterocycles. The van der Waals surface area contributed by atoms with Crippen LogP contribution in [0.4, 0.5) is 5.69 Å². The lowest BCUT2D eigenvalue weighted by Gasteiger charge is -2.32. The lowest BCUT2D eigenvalue weighted by molar-refractivity contribution is -0.127. The van der Waals surface area contributed by atoms with E-state index in [1.807, 2.05) is 37.3 Å². The summed E-state index contributed by atoms with van der Waals surface area (Å²) in [5.41, 5.74) is 2.37. The molecule has 0 saturated carbocycles. The van der Waals surface area contributed by atoms with Gasteiger partial charge in [0.05, 0.1) is 6.04 Å². The zero-order valence-corrected chi connectivity index (χ0v) is 16.5. The molecule has 0 spiro atoms. The minimum absolute atomic E-state index is 0.0604. The van der Waals surface area contributed by atoms with Crippen LogP contribution in [-0.4, -0.2) is 25.1 Å². The van der Waals surface area contributed by atoms with Crippen molar-refractivity contribution in [2.75, 3.05) is 18.0 Å². The Kier molecular flexibility index (Phi) is 6.38. The molecule has 3 rings (SSSR count). The van der Waals surface area contributed by atoms with E-state index in [-0.39, 0.29) is 11.9 Å². The zero-order valence-electron chi connectivity index (χ0n) is 16.5. The Morgan fingerprint density at radius 3 is 2.30 bits per heavy atom. The van der Waals surface area contributed by atoms with Gasteiger partial charge in [-0.05, 0) is 62.4 Å². The molecule has 144 valence electrons. The Morgan fingerprint density at radius 2 is 1.67 bits per heavy atom. The molecule has 1 heterocycles. The van der Waals surface area contributed by atoms with Crippen LogP contribution in [0.2, 0.25) is 0 Å². The zero-order chi connectivity index (χ0) is 19.2. The molecule has 0 aliphatic carbocycles. The summed E-state index contributed by atoms with van der Waals surface area (Å²) in [6.45, 7) is 8.36. The number of amides is 1. The Hall–Kier alpha value is -2.49. The highest BCUT2D eigenvalue weighted by Crippen LogP contribution is 2.24. The summed E-state index contributed by atoms with van der Waals surface area (Å²) >= 11 is 0. The second-order valence-electron chi connectivity index (χ2n) is 7.56. The summed E-state index contributed by atoms with van der Waals surface area (Å²) in [6, 6.07) is 17.9. The van der Waals surface area contributed by atoms with E-state index in [1.165, 1.54) is 18.5 Å². The van der Waals surface area contributed by atoms with Gasteiger partial charge in [0.15, 0.2) is 6.10 Å². The number of rotatable bonds is 6. The standard InChI is InChI=1S/C23H30N2O2/c1-17-13-15-25(16-14-17)21-11-9-20(10-12-21)18(2)24-23(26)19(3)27-22-7-5-4-6-8-22/h4-12,17-19H,13-16H2,1-3H3,(H,24,26)/t18-,19-/m1/s1. The van der Waals surface area contributed by atoms with Crippen molar-refractivity contribution in [2.45, 2.75) is 45.8 Å². The largest absolute Gasteiger partial charge is 0.481 e. The summed E-state index contributed by atoms with van der Waals surface area (Å²) in [5.74, 6) is 1.42. The Labute approximate surface area is 162 Å². The monoisotopic (exact) mass is 366 g/mol. The number of anilines is 1. The molecule has 0 aromatic heterocycles. The van der Waals surface area contributed by atoms with Gasteiger partial charge >= 0.3 is 0 Å². The lowest BCUT2D eigenvalue weighted by Crippen LogP contribution is -2.37. The van der Waals surface area contributed by atoms with Crippen LogP contribution < -0.4 is 15.0 Å². The smallest absolute Gasteiger partial charge is 0.261 e. The number of nitrogens with one attached hydrogen (secondary N) is 1. The van der Waals surface area contributed by atoms with Gasteiger partial charge in [-0.2, -0.15) is 0 Å². The molecule has 0 bridgehead atoms. The van der Waals surface area contributed by atoms with E-state index in [9.17, 15) is 4.79 Å². The molecule has 4 heteroatoms. The number of hydrogen-bond donors (Lipinski definition) is 1. The van der Waals surface area contributed by atoms with E-state index in [0.717, 1.165) is 24.6 Å². The third-order valence-corrected chi connectivity index (χ3v) is 5.33. The van der Waals surface area contributed by atoms with E-state index in [0.29, 0.717) is 5.75 Å². The van der Waals surface area contributed by atoms with Gasteiger partial charge in [0.25, 0.3) is 5.91 Å². The molecule has 1 saturated heterocycles. The van der Waals surface area contributed by atoms with E-state index < -0.39 is 6.10 Å². The van der Waals surface area contributed by atoms with Gasteiger partial charge in [-0.3, -0.25) is 4.79 Å². The molecular weight excluding hydrogens is 336 g/mol. The number of carbonyl (C=O) groups is 1. The molecule has 0 radical (unpaired) electrons. The average molecular weight is 367 g/mol. The lowest BCUT2D eigenvalue weighted by atomic mass is 9.98. The van der Waals surface area contributed by atoms with Gasteiger partial charge in [-0.15, -0.1) is 0 Å². The SMILES string of the molecule is CC1CCN(c2ccc([C@@H](C)NC(=O)[C@@H](C)Oc3ccccc3)cc2)CC1. The minimum Gasteiger partial charge on any atom is -0.481 e. The highest BCUT2D eigenvalue weighted by Gasteiger charge is 2.19. The Balaban J connectivity index is 1.54. The molecule has 2 aromatic rings. The molecule has 2 atom stereocenters. The second-order valence-corrected chi connectivity index (χ2v) is 7.56. The Bertz CT molecular complexity index is 722. The fraction of sp³-hybridized carbons (Fsp3) is 0.435. The van der Waals surface area contributed by atoms with Crippen LogP contribution in [0.5, 0.6) is 5.75 Å². The predicted octanol–water partition coefficient (Wildman–Crippen LogP) is 4.57. The van der Waals surface area contributed by atoms with Crippen LogP contribution in [0, 0.1) is 5.92 Å². The van der Waals surface area contributed by atoms with E-state index in [2.05, 4.69) is 41.4 Å². The molecule has 4 nitrogen and oxygen atoms in total. The third kappa shape index (κ3) is 5.25. The van der Waals surface area contributed by atoms with Crippen molar-refractivity contribution in [3.05, 3.63) is 60.2 Å². The number of ether oxygens (including phenoxy) is 1. The number of carbonyl (C=O) groups excluding carboxylic acids is 1. The molecule has 1 amide bonds. The van der Waals surface area contributed by atoms with E-state index >= 15 is 0 Å². The number of para-hydroxylation sites is 1. The van der Waals surface area contributed by atoms with Crippen molar-refractivity contribution in [3.63, 3.8) is 0 Å². The molecule has 1 aliphatic rings.